The number of hydrogen-bond acceptors (Lipinski definition) is 5. The lowest BCUT2D eigenvalue weighted by atomic mass is 10.0. The minimum absolute atomic E-state index is 0.0892. The van der Waals surface area contributed by atoms with Crippen molar-refractivity contribution in [3.63, 3.8) is 0 Å². The second-order valence-electron chi connectivity index (χ2n) is 9.70. The highest BCUT2D eigenvalue weighted by atomic mass is 19.4. The van der Waals surface area contributed by atoms with Crippen LogP contribution in [0.2, 0.25) is 0 Å². The molecule has 1 saturated heterocycles. The van der Waals surface area contributed by atoms with E-state index in [-0.39, 0.29) is 31.1 Å². The molecule has 0 aliphatic carbocycles. The molecule has 0 saturated carbocycles. The Balaban J connectivity index is 1.51. The zero-order valence-electron chi connectivity index (χ0n) is 22.0. The molecule has 0 bridgehead atoms. The van der Waals surface area contributed by atoms with Gasteiger partial charge >= 0.3 is 12.1 Å². The zero-order valence-corrected chi connectivity index (χ0v) is 22.0. The van der Waals surface area contributed by atoms with Crippen molar-refractivity contribution in [2.45, 2.75) is 37.9 Å². The van der Waals surface area contributed by atoms with Gasteiger partial charge in [-0.3, -0.25) is 9.59 Å². The molecule has 4 rings (SSSR count). The van der Waals surface area contributed by atoms with Crippen LogP contribution >= 0.6 is 0 Å². The third-order valence-electron chi connectivity index (χ3n) is 7.04. The Morgan fingerprint density at radius 3 is 2.40 bits per heavy atom. The van der Waals surface area contributed by atoms with Crippen molar-refractivity contribution in [1.82, 2.24) is 4.90 Å². The summed E-state index contributed by atoms with van der Waals surface area (Å²) in [6, 6.07) is 21.4. The molecule has 0 N–H and O–H groups in total. The maximum atomic E-state index is 14.0. The van der Waals surface area contributed by atoms with Crippen molar-refractivity contribution < 1.29 is 32.2 Å². The van der Waals surface area contributed by atoms with E-state index in [0.717, 1.165) is 18.1 Å². The molecule has 1 amide bonds. The topological polar surface area (TPSA) is 79.6 Å². The maximum Gasteiger partial charge on any atom is 0.419 e. The third kappa shape index (κ3) is 7.00. The summed E-state index contributed by atoms with van der Waals surface area (Å²) in [5.41, 5.74) is 1.46. The lowest BCUT2D eigenvalue weighted by Crippen LogP contribution is -2.38. The Morgan fingerprint density at radius 2 is 1.75 bits per heavy atom. The SMILES string of the molecule is COC(=O)C[C@@H]1C[C@@H](COc2ccc(-c3ccc(C#N)cc3)cc2C(F)(F)F)N(CCCc2ccccc2)C1=O. The smallest absolute Gasteiger partial charge is 0.419 e. The van der Waals surface area contributed by atoms with Crippen LogP contribution in [0.1, 0.15) is 36.0 Å². The number of alkyl halides is 3. The zero-order chi connectivity index (χ0) is 28.7. The number of carbonyl (C=O) groups is 2. The van der Waals surface area contributed by atoms with E-state index in [1.54, 1.807) is 29.2 Å². The largest absolute Gasteiger partial charge is 0.491 e. The summed E-state index contributed by atoms with van der Waals surface area (Å²) in [5.74, 6) is -1.68. The molecule has 208 valence electrons. The molecule has 0 aromatic heterocycles. The summed E-state index contributed by atoms with van der Waals surface area (Å²) < 4.78 is 52.6. The highest BCUT2D eigenvalue weighted by Gasteiger charge is 2.41. The first-order chi connectivity index (χ1) is 19.2. The first-order valence-electron chi connectivity index (χ1n) is 13.0. The van der Waals surface area contributed by atoms with Crippen LogP contribution in [0.15, 0.2) is 72.8 Å². The summed E-state index contributed by atoms with van der Waals surface area (Å²) in [4.78, 5) is 26.7. The van der Waals surface area contributed by atoms with Crippen LogP contribution in [-0.2, 0) is 26.9 Å². The highest BCUT2D eigenvalue weighted by Crippen LogP contribution is 2.39. The second-order valence-corrected chi connectivity index (χ2v) is 9.70. The minimum Gasteiger partial charge on any atom is -0.491 e. The van der Waals surface area contributed by atoms with Gasteiger partial charge in [0.1, 0.15) is 12.4 Å². The number of nitriles is 1. The lowest BCUT2D eigenvalue weighted by Gasteiger charge is -2.26. The number of carbonyl (C=O) groups excluding carboxylic acids is 2. The van der Waals surface area contributed by atoms with Crippen LogP contribution in [-0.4, -0.2) is 43.1 Å². The van der Waals surface area contributed by atoms with E-state index in [2.05, 4.69) is 0 Å². The van der Waals surface area contributed by atoms with Gasteiger partial charge in [-0.15, -0.1) is 0 Å². The number of amides is 1. The normalized spacial score (nSPS) is 17.0. The summed E-state index contributed by atoms with van der Waals surface area (Å²) in [5, 5.41) is 8.98. The Hall–Kier alpha value is -4.32. The van der Waals surface area contributed by atoms with E-state index < -0.39 is 29.7 Å². The van der Waals surface area contributed by atoms with Crippen LogP contribution < -0.4 is 4.74 Å². The Morgan fingerprint density at radius 1 is 1.05 bits per heavy atom. The van der Waals surface area contributed by atoms with E-state index >= 15 is 0 Å². The van der Waals surface area contributed by atoms with Crippen molar-refractivity contribution in [3.05, 3.63) is 89.5 Å². The van der Waals surface area contributed by atoms with Gasteiger partial charge in [-0.1, -0.05) is 48.5 Å². The van der Waals surface area contributed by atoms with Gasteiger partial charge in [0.2, 0.25) is 5.91 Å². The van der Waals surface area contributed by atoms with Gasteiger partial charge in [0, 0.05) is 6.54 Å². The third-order valence-corrected chi connectivity index (χ3v) is 7.04. The van der Waals surface area contributed by atoms with Gasteiger partial charge in [0.25, 0.3) is 0 Å². The maximum absolute atomic E-state index is 14.0. The molecule has 3 aromatic carbocycles. The lowest BCUT2D eigenvalue weighted by molar-refractivity contribution is -0.144. The van der Waals surface area contributed by atoms with Crippen LogP contribution in [0, 0.1) is 17.2 Å². The van der Waals surface area contributed by atoms with Gasteiger partial charge in [-0.05, 0) is 60.2 Å². The van der Waals surface area contributed by atoms with Crippen molar-refractivity contribution >= 4 is 11.9 Å². The standard InChI is InChI=1S/C31H29F3N2O4/c1-39-29(37)18-25-16-26(36(30(25)38)15-5-8-21-6-3-2-4-7-21)20-40-28-14-13-24(17-27(28)31(32,33)34)23-11-9-22(19-35)10-12-23/h2-4,6-7,9-14,17,25-26H,5,8,15-16,18,20H2,1H3/t25-,26-/m0/s1. The fourth-order valence-electron chi connectivity index (χ4n) is 4.96. The number of benzene rings is 3. The molecule has 0 unspecified atom stereocenters. The van der Waals surface area contributed by atoms with Gasteiger partial charge in [0.15, 0.2) is 0 Å². The average Bonchev–Trinajstić information content (AvgIpc) is 3.25. The molecule has 0 radical (unpaired) electrons. The number of ether oxygens (including phenoxy) is 2. The number of halogens is 3. The Labute approximate surface area is 230 Å². The van der Waals surface area contributed by atoms with Crippen LogP contribution in [0.5, 0.6) is 5.75 Å². The molecule has 1 aliphatic heterocycles. The van der Waals surface area contributed by atoms with E-state index in [0.29, 0.717) is 29.7 Å². The van der Waals surface area contributed by atoms with Gasteiger partial charge in [-0.2, -0.15) is 18.4 Å². The summed E-state index contributed by atoms with van der Waals surface area (Å²) in [7, 11) is 1.25. The number of rotatable bonds is 10. The number of hydrogen-bond donors (Lipinski definition) is 0. The summed E-state index contributed by atoms with van der Waals surface area (Å²) in [6.07, 6.45) is -3.09. The van der Waals surface area contributed by atoms with Crippen molar-refractivity contribution in [3.8, 4) is 22.9 Å². The van der Waals surface area contributed by atoms with E-state index in [9.17, 15) is 22.8 Å². The number of esters is 1. The molecule has 6 nitrogen and oxygen atoms in total. The first kappa shape index (κ1) is 28.7. The first-order valence-corrected chi connectivity index (χ1v) is 13.0. The molecule has 2 atom stereocenters. The van der Waals surface area contributed by atoms with Gasteiger partial charge in [-0.25, -0.2) is 0 Å². The summed E-state index contributed by atoms with van der Waals surface area (Å²) >= 11 is 0. The van der Waals surface area contributed by atoms with Crippen molar-refractivity contribution in [1.29, 1.82) is 5.26 Å². The summed E-state index contributed by atoms with van der Waals surface area (Å²) in [6.45, 7) is 0.247. The van der Waals surface area contributed by atoms with Crippen LogP contribution in [0.25, 0.3) is 11.1 Å². The molecular formula is C31H29F3N2O4. The molecule has 40 heavy (non-hydrogen) atoms. The average molecular weight is 551 g/mol. The van der Waals surface area contributed by atoms with Crippen molar-refractivity contribution in [2.75, 3.05) is 20.3 Å². The highest BCUT2D eigenvalue weighted by molar-refractivity contribution is 5.86. The number of nitrogens with zero attached hydrogens (tertiary/aromatic N) is 2. The van der Waals surface area contributed by atoms with E-state index in [4.69, 9.17) is 14.7 Å². The Bertz CT molecular complexity index is 1370. The quantitative estimate of drug-likeness (QED) is 0.288. The van der Waals surface area contributed by atoms with Crippen molar-refractivity contribution in [2.24, 2.45) is 5.92 Å². The monoisotopic (exact) mass is 550 g/mol. The van der Waals surface area contributed by atoms with Gasteiger partial charge in [0.05, 0.1) is 42.7 Å². The predicted octanol–water partition coefficient (Wildman–Crippen LogP) is 6.04. The van der Waals surface area contributed by atoms with Crippen LogP contribution in [0.4, 0.5) is 13.2 Å². The molecule has 3 aromatic rings. The van der Waals surface area contributed by atoms with Crippen LogP contribution in [0.3, 0.4) is 0 Å². The van der Waals surface area contributed by atoms with E-state index in [1.165, 1.54) is 19.2 Å². The molecule has 1 fully saturated rings. The molecule has 1 heterocycles. The fraction of sp³-hybridized carbons (Fsp3) is 0.323. The number of likely N-dealkylation sites (tertiary alicyclic amines) is 1. The fourth-order valence-corrected chi connectivity index (χ4v) is 4.96. The minimum atomic E-state index is -4.67. The second kappa shape index (κ2) is 12.7. The molecule has 1 aliphatic rings. The Kier molecular flexibility index (Phi) is 9.10. The van der Waals surface area contributed by atoms with Gasteiger partial charge < -0.3 is 14.4 Å². The number of aryl methyl sites for hydroxylation is 1. The molecular weight excluding hydrogens is 521 g/mol. The van der Waals surface area contributed by atoms with E-state index in [1.807, 2.05) is 36.4 Å². The molecule has 0 spiro atoms. The molecule has 9 heteroatoms. The predicted molar refractivity (Wildman–Crippen MR) is 142 cm³/mol. The number of methoxy groups -OCH3 is 1.